The highest BCUT2D eigenvalue weighted by molar-refractivity contribution is 5.72. The van der Waals surface area contributed by atoms with Crippen molar-refractivity contribution in [2.45, 2.75) is 0 Å². The van der Waals surface area contributed by atoms with Crippen molar-refractivity contribution in [2.75, 3.05) is 23.8 Å². The van der Waals surface area contributed by atoms with Crippen LogP contribution in [0.15, 0.2) is 4.52 Å². The molecule has 0 bridgehead atoms. The van der Waals surface area contributed by atoms with Crippen LogP contribution in [-0.2, 0) is 0 Å². The molecule has 0 unspecified atom stereocenters. The number of nitrogens with two attached hydrogens (primary N) is 2. The van der Waals surface area contributed by atoms with Crippen LogP contribution in [0.4, 0.5) is 17.4 Å². The molecule has 5 N–H and O–H groups in total. The van der Waals surface area contributed by atoms with E-state index in [-0.39, 0.29) is 11.7 Å². The van der Waals surface area contributed by atoms with Crippen molar-refractivity contribution in [1.29, 1.82) is 0 Å². The van der Waals surface area contributed by atoms with Crippen molar-refractivity contribution in [3.8, 4) is 0 Å². The number of rotatable bonds is 1. The lowest BCUT2D eigenvalue weighted by Crippen LogP contribution is -1.95. The molecule has 50 valence electrons. The highest BCUT2D eigenvalue weighted by Gasteiger charge is 2.06. The van der Waals surface area contributed by atoms with E-state index in [1.807, 2.05) is 0 Å². The lowest BCUT2D eigenvalue weighted by Gasteiger charge is -1.92. The highest BCUT2D eigenvalue weighted by atomic mass is 16.5. The Kier molecular flexibility index (Phi) is 1.18. The number of nitrogen functional groups attached to an aromatic ring is 2. The lowest BCUT2D eigenvalue weighted by molar-refractivity contribution is 0.440. The number of hydrogen-bond donors (Lipinski definition) is 3. The number of hydrogen-bond acceptors (Lipinski definition) is 5. The van der Waals surface area contributed by atoms with E-state index < -0.39 is 0 Å². The van der Waals surface area contributed by atoms with E-state index >= 15 is 0 Å². The Bertz CT molecular complexity index is 187. The topological polar surface area (TPSA) is 90.1 Å². The van der Waals surface area contributed by atoms with Crippen molar-refractivity contribution in [3.05, 3.63) is 0 Å². The van der Waals surface area contributed by atoms with Crippen LogP contribution in [0.2, 0.25) is 0 Å². The molecule has 0 radical (unpaired) electrons. The molecule has 0 saturated heterocycles. The third kappa shape index (κ3) is 0.758. The first-order valence-corrected chi connectivity index (χ1v) is 2.44. The standard InChI is InChI=1S/C4H8N4O/c1-7-2-3(5)8-9-4(2)6/h7H,6H2,1H3,(H2,5,8). The van der Waals surface area contributed by atoms with Crippen LogP contribution in [0.1, 0.15) is 0 Å². The van der Waals surface area contributed by atoms with Gasteiger partial charge in [-0.05, 0) is 0 Å². The number of aromatic nitrogens is 1. The smallest absolute Gasteiger partial charge is 0.247 e. The molecular formula is C4H8N4O. The molecule has 0 amide bonds. The van der Waals surface area contributed by atoms with Gasteiger partial charge in [-0.2, -0.15) is 0 Å². The third-order valence-corrected chi connectivity index (χ3v) is 0.995. The summed E-state index contributed by atoms with van der Waals surface area (Å²) in [5.41, 5.74) is 11.1. The summed E-state index contributed by atoms with van der Waals surface area (Å²) >= 11 is 0. The molecule has 0 fully saturated rings. The summed E-state index contributed by atoms with van der Waals surface area (Å²) in [7, 11) is 1.69. The average Bonchev–Trinajstić information content (AvgIpc) is 2.12. The number of anilines is 3. The second kappa shape index (κ2) is 1.85. The van der Waals surface area contributed by atoms with Crippen molar-refractivity contribution >= 4 is 17.4 Å². The van der Waals surface area contributed by atoms with Gasteiger partial charge >= 0.3 is 0 Å². The zero-order chi connectivity index (χ0) is 6.85. The molecule has 9 heavy (non-hydrogen) atoms. The molecule has 1 aromatic heterocycles. The first-order chi connectivity index (χ1) is 4.25. The SMILES string of the molecule is CNc1c(N)noc1N. The Morgan fingerprint density at radius 2 is 2.22 bits per heavy atom. The zero-order valence-corrected chi connectivity index (χ0v) is 5.01. The zero-order valence-electron chi connectivity index (χ0n) is 5.01. The third-order valence-electron chi connectivity index (χ3n) is 0.995. The fourth-order valence-corrected chi connectivity index (χ4v) is 0.567. The van der Waals surface area contributed by atoms with Crippen molar-refractivity contribution in [3.63, 3.8) is 0 Å². The quantitative estimate of drug-likeness (QED) is 0.490. The van der Waals surface area contributed by atoms with Crippen LogP contribution in [0.25, 0.3) is 0 Å². The first kappa shape index (κ1) is 5.74. The molecule has 0 saturated carbocycles. The lowest BCUT2D eigenvalue weighted by atomic mass is 10.5. The van der Waals surface area contributed by atoms with E-state index in [1.165, 1.54) is 0 Å². The van der Waals surface area contributed by atoms with E-state index in [9.17, 15) is 0 Å². The summed E-state index contributed by atoms with van der Waals surface area (Å²) < 4.78 is 4.53. The van der Waals surface area contributed by atoms with Crippen molar-refractivity contribution in [2.24, 2.45) is 0 Å². The fraction of sp³-hybridized carbons (Fsp3) is 0.250. The maximum Gasteiger partial charge on any atom is 0.247 e. The second-order valence-corrected chi connectivity index (χ2v) is 1.56. The molecule has 5 nitrogen and oxygen atoms in total. The molecule has 0 aliphatic carbocycles. The maximum atomic E-state index is 5.30. The molecule has 0 aromatic carbocycles. The minimum absolute atomic E-state index is 0.218. The van der Waals surface area contributed by atoms with Gasteiger partial charge in [0.25, 0.3) is 0 Å². The molecule has 1 aromatic rings. The summed E-state index contributed by atoms with van der Waals surface area (Å²) in [6.07, 6.45) is 0. The highest BCUT2D eigenvalue weighted by Crippen LogP contribution is 2.23. The summed E-state index contributed by atoms with van der Waals surface area (Å²) in [5.74, 6) is 0.505. The molecule has 5 heteroatoms. The van der Waals surface area contributed by atoms with Crippen LogP contribution < -0.4 is 16.8 Å². The van der Waals surface area contributed by atoms with E-state index in [1.54, 1.807) is 7.05 Å². The number of nitrogens with one attached hydrogen (secondary N) is 1. The Labute approximate surface area is 52.0 Å². The van der Waals surface area contributed by atoms with Gasteiger partial charge in [0, 0.05) is 7.05 Å². The molecule has 0 aliphatic heterocycles. The van der Waals surface area contributed by atoms with Crippen LogP contribution in [0, 0.1) is 0 Å². The average molecular weight is 128 g/mol. The normalized spacial score (nSPS) is 9.44. The van der Waals surface area contributed by atoms with E-state index in [4.69, 9.17) is 11.5 Å². The fourth-order valence-electron chi connectivity index (χ4n) is 0.567. The van der Waals surface area contributed by atoms with Gasteiger partial charge in [0.05, 0.1) is 0 Å². The molecule has 1 rings (SSSR count). The van der Waals surface area contributed by atoms with Gasteiger partial charge in [-0.15, -0.1) is 0 Å². The second-order valence-electron chi connectivity index (χ2n) is 1.56. The Morgan fingerprint density at radius 1 is 1.56 bits per heavy atom. The summed E-state index contributed by atoms with van der Waals surface area (Å²) in [4.78, 5) is 0. The van der Waals surface area contributed by atoms with Gasteiger partial charge in [0.2, 0.25) is 5.88 Å². The molecule has 0 spiro atoms. The van der Waals surface area contributed by atoms with Crippen LogP contribution >= 0.6 is 0 Å². The Hall–Kier alpha value is -1.39. The Balaban J connectivity index is 3.07. The molecular weight excluding hydrogens is 120 g/mol. The van der Waals surface area contributed by atoms with Gasteiger partial charge in [-0.1, -0.05) is 5.16 Å². The van der Waals surface area contributed by atoms with Crippen molar-refractivity contribution in [1.82, 2.24) is 5.16 Å². The number of nitrogens with zero attached hydrogens (tertiary/aromatic N) is 1. The first-order valence-electron chi connectivity index (χ1n) is 2.44. The van der Waals surface area contributed by atoms with E-state index in [0.717, 1.165) is 0 Å². The Morgan fingerprint density at radius 3 is 2.44 bits per heavy atom. The molecule has 1 heterocycles. The van der Waals surface area contributed by atoms with Crippen LogP contribution in [0.5, 0.6) is 0 Å². The largest absolute Gasteiger partial charge is 0.381 e. The molecule has 0 aliphatic rings. The summed E-state index contributed by atoms with van der Waals surface area (Å²) in [6.45, 7) is 0. The van der Waals surface area contributed by atoms with Gasteiger partial charge in [-0.3, -0.25) is 0 Å². The summed E-state index contributed by atoms with van der Waals surface area (Å²) in [6, 6.07) is 0. The monoisotopic (exact) mass is 128 g/mol. The van der Waals surface area contributed by atoms with Crippen LogP contribution in [-0.4, -0.2) is 12.2 Å². The minimum atomic E-state index is 0.218. The van der Waals surface area contributed by atoms with Crippen LogP contribution in [0.3, 0.4) is 0 Å². The van der Waals surface area contributed by atoms with Gasteiger partial charge in [0.1, 0.15) is 5.69 Å². The van der Waals surface area contributed by atoms with Gasteiger partial charge in [-0.25, -0.2) is 0 Å². The predicted octanol–water partition coefficient (Wildman–Crippen LogP) is -0.119. The molecule has 0 atom stereocenters. The van der Waals surface area contributed by atoms with Gasteiger partial charge < -0.3 is 21.3 Å². The minimum Gasteiger partial charge on any atom is -0.381 e. The van der Waals surface area contributed by atoms with E-state index in [0.29, 0.717) is 5.69 Å². The summed E-state index contributed by atoms with van der Waals surface area (Å²) in [5, 5.41) is 6.14. The predicted molar refractivity (Wildman–Crippen MR) is 34.9 cm³/mol. The van der Waals surface area contributed by atoms with Gasteiger partial charge in [0.15, 0.2) is 5.82 Å². The van der Waals surface area contributed by atoms with E-state index in [2.05, 4.69) is 15.0 Å². The maximum absolute atomic E-state index is 5.30. The van der Waals surface area contributed by atoms with Crippen molar-refractivity contribution < 1.29 is 4.52 Å².